The van der Waals surface area contributed by atoms with Crippen LogP contribution in [0.3, 0.4) is 0 Å². The van der Waals surface area contributed by atoms with Gasteiger partial charge in [-0.25, -0.2) is 14.8 Å². The van der Waals surface area contributed by atoms with Crippen molar-refractivity contribution in [3.8, 4) is 0 Å². The number of aryl methyl sites for hydroxylation is 1. The zero-order chi connectivity index (χ0) is 18.5. The van der Waals surface area contributed by atoms with Gasteiger partial charge >= 0.3 is 5.97 Å². The van der Waals surface area contributed by atoms with Gasteiger partial charge in [-0.2, -0.15) is 0 Å². The van der Waals surface area contributed by atoms with Crippen molar-refractivity contribution in [3.63, 3.8) is 0 Å². The summed E-state index contributed by atoms with van der Waals surface area (Å²) in [5, 5.41) is 0.356. The number of hydrogen-bond donors (Lipinski definition) is 1. The third-order valence-corrected chi connectivity index (χ3v) is 4.87. The number of amides is 1. The number of carbonyl (C=O) groups is 2. The summed E-state index contributed by atoms with van der Waals surface area (Å²) in [5.74, 6) is -0.301. The van der Waals surface area contributed by atoms with Crippen molar-refractivity contribution in [1.29, 1.82) is 0 Å². The molecule has 0 bridgehead atoms. The molecule has 0 radical (unpaired) electrons. The summed E-state index contributed by atoms with van der Waals surface area (Å²) in [6.07, 6.45) is 3.27. The van der Waals surface area contributed by atoms with Crippen LogP contribution in [0, 0.1) is 0 Å². The monoisotopic (exact) mass is 372 g/mol. The first kappa shape index (κ1) is 18.2. The van der Waals surface area contributed by atoms with E-state index in [1.807, 2.05) is 23.1 Å². The number of anilines is 2. The highest BCUT2D eigenvalue weighted by Gasteiger charge is 2.22. The van der Waals surface area contributed by atoms with E-state index in [4.69, 9.17) is 10.5 Å². The Balaban J connectivity index is 1.65. The number of benzene rings is 1. The average molecular weight is 372 g/mol. The molecule has 0 saturated carbocycles. The zero-order valence-corrected chi connectivity index (χ0v) is 15.3. The van der Waals surface area contributed by atoms with Crippen LogP contribution in [0.25, 0.3) is 0 Å². The van der Waals surface area contributed by atoms with Gasteiger partial charge in [0.2, 0.25) is 5.91 Å². The molecule has 136 valence electrons. The van der Waals surface area contributed by atoms with Gasteiger partial charge in [0.1, 0.15) is 11.4 Å². The number of nitrogens with zero attached hydrogens (tertiary/aromatic N) is 3. The first-order valence-electron chi connectivity index (χ1n) is 8.41. The lowest BCUT2D eigenvalue weighted by molar-refractivity contribution is -0.116. The molecule has 0 atom stereocenters. The number of thioether (sulfide) groups is 1. The topological polar surface area (TPSA) is 98.4 Å². The quantitative estimate of drug-likeness (QED) is 0.488. The number of esters is 1. The second-order valence-electron chi connectivity index (χ2n) is 5.74. The van der Waals surface area contributed by atoms with E-state index in [2.05, 4.69) is 16.0 Å². The van der Waals surface area contributed by atoms with Gasteiger partial charge in [0.05, 0.1) is 12.4 Å². The molecule has 0 spiro atoms. The fourth-order valence-electron chi connectivity index (χ4n) is 2.81. The van der Waals surface area contributed by atoms with E-state index < -0.39 is 5.97 Å². The number of ether oxygens (including phenoxy) is 1. The summed E-state index contributed by atoms with van der Waals surface area (Å²) in [7, 11) is 0. The fourth-order valence-corrected chi connectivity index (χ4v) is 3.51. The summed E-state index contributed by atoms with van der Waals surface area (Å²) in [6, 6.07) is 7.96. The number of para-hydroxylation sites is 1. The molecule has 8 heteroatoms. The molecule has 1 aliphatic heterocycles. The van der Waals surface area contributed by atoms with Crippen molar-refractivity contribution in [2.24, 2.45) is 0 Å². The van der Waals surface area contributed by atoms with Crippen LogP contribution >= 0.6 is 11.8 Å². The maximum atomic E-state index is 12.6. The van der Waals surface area contributed by atoms with Crippen molar-refractivity contribution in [1.82, 2.24) is 9.97 Å². The number of aromatic nitrogens is 2. The number of rotatable bonds is 5. The normalized spacial score (nSPS) is 13.2. The Morgan fingerprint density at radius 3 is 2.92 bits per heavy atom. The minimum atomic E-state index is -0.553. The maximum absolute atomic E-state index is 12.6. The summed E-state index contributed by atoms with van der Waals surface area (Å²) in [6.45, 7) is 2.67. The van der Waals surface area contributed by atoms with E-state index in [0.717, 1.165) is 18.5 Å². The predicted molar refractivity (Wildman–Crippen MR) is 100 cm³/mol. The maximum Gasteiger partial charge on any atom is 0.343 e. The molecule has 3 rings (SSSR count). The van der Waals surface area contributed by atoms with Gasteiger partial charge < -0.3 is 15.4 Å². The minimum Gasteiger partial charge on any atom is -0.462 e. The highest BCUT2D eigenvalue weighted by Crippen LogP contribution is 2.28. The molecular weight excluding hydrogens is 352 g/mol. The van der Waals surface area contributed by atoms with Crippen molar-refractivity contribution < 1.29 is 14.3 Å². The lowest BCUT2D eigenvalue weighted by Gasteiger charge is -2.29. The number of carbonyl (C=O) groups excluding carboxylic acids is 2. The van der Waals surface area contributed by atoms with Gasteiger partial charge in [-0.1, -0.05) is 30.0 Å². The van der Waals surface area contributed by atoms with E-state index in [9.17, 15) is 9.59 Å². The molecule has 1 aromatic heterocycles. The van der Waals surface area contributed by atoms with Crippen LogP contribution in [0.5, 0.6) is 0 Å². The second-order valence-corrected chi connectivity index (χ2v) is 6.68. The van der Waals surface area contributed by atoms with Crippen molar-refractivity contribution >= 4 is 35.1 Å². The number of nitrogen functional groups attached to an aromatic ring is 1. The minimum absolute atomic E-state index is 0.00112. The van der Waals surface area contributed by atoms with Gasteiger partial charge in [0.15, 0.2) is 5.16 Å². The first-order chi connectivity index (χ1) is 12.6. The van der Waals surface area contributed by atoms with Crippen LogP contribution in [-0.2, 0) is 16.0 Å². The lowest BCUT2D eigenvalue weighted by atomic mass is 10.0. The van der Waals surface area contributed by atoms with Gasteiger partial charge in [-0.15, -0.1) is 0 Å². The number of nitrogens with two attached hydrogens (primary N) is 1. The SMILES string of the molecule is CCOC(=O)c1cnc(SCC(=O)N2CCCc3ccccc32)nc1N. The van der Waals surface area contributed by atoms with Gasteiger partial charge in [-0.3, -0.25) is 4.79 Å². The highest BCUT2D eigenvalue weighted by molar-refractivity contribution is 7.99. The predicted octanol–water partition coefficient (Wildman–Crippen LogP) is 2.31. The van der Waals surface area contributed by atoms with E-state index in [1.165, 1.54) is 23.5 Å². The van der Waals surface area contributed by atoms with Crippen LogP contribution in [0.2, 0.25) is 0 Å². The molecule has 0 unspecified atom stereocenters. The molecule has 7 nitrogen and oxygen atoms in total. The Morgan fingerprint density at radius 2 is 2.15 bits per heavy atom. The summed E-state index contributed by atoms with van der Waals surface area (Å²) in [5.41, 5.74) is 8.10. The molecular formula is C18H20N4O3S. The van der Waals surface area contributed by atoms with E-state index in [0.29, 0.717) is 11.7 Å². The molecule has 1 aromatic carbocycles. The largest absolute Gasteiger partial charge is 0.462 e. The molecule has 0 aliphatic carbocycles. The summed E-state index contributed by atoms with van der Waals surface area (Å²) < 4.78 is 4.89. The standard InChI is InChI=1S/C18H20N4O3S/c1-2-25-17(24)13-10-20-18(21-16(13)19)26-11-15(23)22-9-5-7-12-6-3-4-8-14(12)22/h3-4,6,8,10H,2,5,7,9,11H2,1H3,(H2,19,20,21). The highest BCUT2D eigenvalue weighted by atomic mass is 32.2. The Bertz CT molecular complexity index is 828. The van der Waals surface area contributed by atoms with Crippen molar-refractivity contribution in [2.75, 3.05) is 29.5 Å². The lowest BCUT2D eigenvalue weighted by Crippen LogP contribution is -2.36. The van der Waals surface area contributed by atoms with E-state index >= 15 is 0 Å². The van der Waals surface area contributed by atoms with Gasteiger partial charge in [-0.05, 0) is 31.4 Å². The third-order valence-electron chi connectivity index (χ3n) is 4.03. The Hall–Kier alpha value is -2.61. The molecule has 2 heterocycles. The Morgan fingerprint density at radius 1 is 1.35 bits per heavy atom. The summed E-state index contributed by atoms with van der Waals surface area (Å²) >= 11 is 1.20. The van der Waals surface area contributed by atoms with E-state index in [-0.39, 0.29) is 29.6 Å². The molecule has 26 heavy (non-hydrogen) atoms. The summed E-state index contributed by atoms with van der Waals surface area (Å²) in [4.78, 5) is 34.3. The molecule has 0 saturated heterocycles. The zero-order valence-electron chi connectivity index (χ0n) is 14.5. The Kier molecular flexibility index (Phi) is 5.72. The average Bonchev–Trinajstić information content (AvgIpc) is 2.66. The van der Waals surface area contributed by atoms with Crippen LogP contribution in [0.1, 0.15) is 29.3 Å². The van der Waals surface area contributed by atoms with Crippen molar-refractivity contribution in [3.05, 3.63) is 41.6 Å². The Labute approximate surface area is 156 Å². The van der Waals surface area contributed by atoms with Crippen molar-refractivity contribution in [2.45, 2.75) is 24.9 Å². The van der Waals surface area contributed by atoms with Crippen LogP contribution in [-0.4, -0.2) is 40.7 Å². The first-order valence-corrected chi connectivity index (χ1v) is 9.39. The second kappa shape index (κ2) is 8.18. The smallest absolute Gasteiger partial charge is 0.343 e. The number of fused-ring (bicyclic) bond motifs is 1. The third kappa shape index (κ3) is 3.96. The van der Waals surface area contributed by atoms with Gasteiger partial charge in [0.25, 0.3) is 0 Å². The van der Waals surface area contributed by atoms with Gasteiger partial charge in [0, 0.05) is 18.4 Å². The van der Waals surface area contributed by atoms with Crippen LogP contribution < -0.4 is 10.6 Å². The molecule has 1 amide bonds. The molecule has 1 aliphatic rings. The molecule has 2 aromatic rings. The van der Waals surface area contributed by atoms with Crippen LogP contribution in [0.15, 0.2) is 35.6 Å². The fraction of sp³-hybridized carbons (Fsp3) is 0.333. The molecule has 0 fully saturated rings. The van der Waals surface area contributed by atoms with Crippen LogP contribution in [0.4, 0.5) is 11.5 Å². The number of hydrogen-bond acceptors (Lipinski definition) is 7. The molecule has 2 N–H and O–H groups in total. The van der Waals surface area contributed by atoms with E-state index in [1.54, 1.807) is 6.92 Å².